The second-order valence-corrected chi connectivity index (χ2v) is 5.07. The smallest absolute Gasteiger partial charge is 0.306 e. The number of methoxy groups -OCH3 is 1. The molecule has 1 fully saturated rings. The van der Waals surface area contributed by atoms with E-state index in [1.807, 2.05) is 0 Å². The standard InChI is InChI=1S/C13H26N2O2/c1-11(2)14-10-12-6-4-5-8-15(12)9-7-13(16)17-3/h11-12,14H,4-10H2,1-3H3. The van der Waals surface area contributed by atoms with Crippen LogP contribution in [0.1, 0.15) is 39.5 Å². The highest BCUT2D eigenvalue weighted by atomic mass is 16.5. The van der Waals surface area contributed by atoms with Gasteiger partial charge in [-0.1, -0.05) is 20.3 Å². The van der Waals surface area contributed by atoms with Crippen molar-refractivity contribution in [3.63, 3.8) is 0 Å². The molecular formula is C13H26N2O2. The van der Waals surface area contributed by atoms with Crippen molar-refractivity contribution in [2.24, 2.45) is 0 Å². The summed E-state index contributed by atoms with van der Waals surface area (Å²) in [4.78, 5) is 13.6. The van der Waals surface area contributed by atoms with Crippen LogP contribution in [0.15, 0.2) is 0 Å². The molecule has 0 aliphatic carbocycles. The molecule has 1 unspecified atom stereocenters. The minimum Gasteiger partial charge on any atom is -0.469 e. The van der Waals surface area contributed by atoms with Crippen molar-refractivity contribution < 1.29 is 9.53 Å². The summed E-state index contributed by atoms with van der Waals surface area (Å²) in [5.41, 5.74) is 0. The van der Waals surface area contributed by atoms with Gasteiger partial charge in [0.05, 0.1) is 13.5 Å². The normalized spacial score (nSPS) is 21.8. The first kappa shape index (κ1) is 14.5. The van der Waals surface area contributed by atoms with Crippen molar-refractivity contribution >= 4 is 5.97 Å². The largest absolute Gasteiger partial charge is 0.469 e. The Kier molecular flexibility index (Phi) is 6.52. The number of esters is 1. The second kappa shape index (κ2) is 7.67. The van der Waals surface area contributed by atoms with Crippen LogP contribution >= 0.6 is 0 Å². The topological polar surface area (TPSA) is 41.6 Å². The van der Waals surface area contributed by atoms with Crippen LogP contribution in [0.2, 0.25) is 0 Å². The molecule has 4 nitrogen and oxygen atoms in total. The minimum atomic E-state index is -0.105. The minimum absolute atomic E-state index is 0.105. The van der Waals surface area contributed by atoms with Gasteiger partial charge in [0.15, 0.2) is 0 Å². The van der Waals surface area contributed by atoms with E-state index in [4.69, 9.17) is 4.74 Å². The van der Waals surface area contributed by atoms with Gasteiger partial charge in [0.25, 0.3) is 0 Å². The zero-order chi connectivity index (χ0) is 12.7. The molecule has 1 saturated heterocycles. The fourth-order valence-electron chi connectivity index (χ4n) is 2.29. The quantitative estimate of drug-likeness (QED) is 0.715. The van der Waals surface area contributed by atoms with Gasteiger partial charge < -0.3 is 10.1 Å². The molecule has 0 aromatic carbocycles. The Morgan fingerprint density at radius 1 is 1.47 bits per heavy atom. The highest BCUT2D eigenvalue weighted by Crippen LogP contribution is 2.16. The van der Waals surface area contributed by atoms with Crippen LogP contribution in [-0.2, 0) is 9.53 Å². The van der Waals surface area contributed by atoms with Crippen molar-refractivity contribution in [2.75, 3.05) is 26.7 Å². The van der Waals surface area contributed by atoms with E-state index in [0.717, 1.165) is 19.6 Å². The van der Waals surface area contributed by atoms with Crippen LogP contribution in [0.25, 0.3) is 0 Å². The number of likely N-dealkylation sites (tertiary alicyclic amines) is 1. The number of nitrogens with zero attached hydrogens (tertiary/aromatic N) is 1. The number of carbonyl (C=O) groups excluding carboxylic acids is 1. The number of carbonyl (C=O) groups is 1. The van der Waals surface area contributed by atoms with Gasteiger partial charge in [0.2, 0.25) is 0 Å². The fourth-order valence-corrected chi connectivity index (χ4v) is 2.29. The molecule has 0 spiro atoms. The molecule has 4 heteroatoms. The third kappa shape index (κ3) is 5.50. The van der Waals surface area contributed by atoms with Crippen LogP contribution in [-0.4, -0.2) is 49.7 Å². The Morgan fingerprint density at radius 3 is 2.88 bits per heavy atom. The van der Waals surface area contributed by atoms with Crippen LogP contribution in [0.4, 0.5) is 0 Å². The van der Waals surface area contributed by atoms with Crippen molar-refractivity contribution in [1.82, 2.24) is 10.2 Å². The Morgan fingerprint density at radius 2 is 2.24 bits per heavy atom. The maximum absolute atomic E-state index is 11.2. The van der Waals surface area contributed by atoms with E-state index in [9.17, 15) is 4.79 Å². The number of rotatable bonds is 6. The van der Waals surface area contributed by atoms with E-state index in [-0.39, 0.29) is 5.97 Å². The zero-order valence-corrected chi connectivity index (χ0v) is 11.4. The maximum atomic E-state index is 11.2. The van der Waals surface area contributed by atoms with E-state index in [1.165, 1.54) is 26.4 Å². The van der Waals surface area contributed by atoms with Crippen LogP contribution in [0, 0.1) is 0 Å². The van der Waals surface area contributed by atoms with Crippen LogP contribution in [0.5, 0.6) is 0 Å². The molecule has 0 bridgehead atoms. The average Bonchev–Trinajstić information content (AvgIpc) is 2.34. The van der Waals surface area contributed by atoms with E-state index < -0.39 is 0 Å². The van der Waals surface area contributed by atoms with E-state index in [1.54, 1.807) is 0 Å². The summed E-state index contributed by atoms with van der Waals surface area (Å²) in [5, 5.41) is 3.49. The first-order chi connectivity index (χ1) is 8.13. The number of ether oxygens (including phenoxy) is 1. The molecule has 1 aliphatic rings. The Hall–Kier alpha value is -0.610. The third-order valence-electron chi connectivity index (χ3n) is 3.34. The summed E-state index contributed by atoms with van der Waals surface area (Å²) in [6.45, 7) is 7.31. The average molecular weight is 242 g/mol. The molecule has 0 aromatic rings. The second-order valence-electron chi connectivity index (χ2n) is 5.07. The zero-order valence-electron chi connectivity index (χ0n) is 11.4. The van der Waals surface area contributed by atoms with Gasteiger partial charge in [-0.25, -0.2) is 0 Å². The van der Waals surface area contributed by atoms with Crippen molar-refractivity contribution in [3.8, 4) is 0 Å². The fraction of sp³-hybridized carbons (Fsp3) is 0.923. The molecule has 1 atom stereocenters. The molecule has 1 aliphatic heterocycles. The highest BCUT2D eigenvalue weighted by Gasteiger charge is 2.22. The molecule has 0 saturated carbocycles. The molecule has 17 heavy (non-hydrogen) atoms. The number of piperidine rings is 1. The van der Waals surface area contributed by atoms with Gasteiger partial charge in [-0.05, 0) is 19.4 Å². The lowest BCUT2D eigenvalue weighted by Crippen LogP contribution is -2.47. The van der Waals surface area contributed by atoms with E-state index in [2.05, 4.69) is 24.1 Å². The Bertz CT molecular complexity index is 231. The molecule has 0 aromatic heterocycles. The number of hydrogen-bond acceptors (Lipinski definition) is 4. The van der Waals surface area contributed by atoms with Crippen molar-refractivity contribution in [3.05, 3.63) is 0 Å². The maximum Gasteiger partial charge on any atom is 0.306 e. The molecule has 0 amide bonds. The predicted molar refractivity (Wildman–Crippen MR) is 69.0 cm³/mol. The summed E-state index contributed by atoms with van der Waals surface area (Å²) in [6.07, 6.45) is 4.30. The molecular weight excluding hydrogens is 216 g/mol. The molecule has 0 radical (unpaired) electrons. The summed E-state index contributed by atoms with van der Waals surface area (Å²) in [5.74, 6) is -0.105. The first-order valence-corrected chi connectivity index (χ1v) is 6.67. The summed E-state index contributed by atoms with van der Waals surface area (Å²) < 4.78 is 4.69. The molecule has 1 heterocycles. The lowest BCUT2D eigenvalue weighted by molar-refractivity contribution is -0.141. The molecule has 100 valence electrons. The summed E-state index contributed by atoms with van der Waals surface area (Å²) >= 11 is 0. The number of nitrogens with one attached hydrogen (secondary N) is 1. The SMILES string of the molecule is COC(=O)CCN1CCCCC1CNC(C)C. The van der Waals surface area contributed by atoms with Crippen molar-refractivity contribution in [2.45, 2.75) is 51.6 Å². The lowest BCUT2D eigenvalue weighted by Gasteiger charge is -2.36. The molecule has 1 rings (SSSR count). The predicted octanol–water partition coefficient (Wildman–Crippen LogP) is 1.40. The monoisotopic (exact) mass is 242 g/mol. The van der Waals surface area contributed by atoms with Crippen LogP contribution in [0.3, 0.4) is 0 Å². The van der Waals surface area contributed by atoms with E-state index >= 15 is 0 Å². The van der Waals surface area contributed by atoms with Crippen molar-refractivity contribution in [1.29, 1.82) is 0 Å². The lowest BCUT2D eigenvalue weighted by atomic mass is 10.0. The summed E-state index contributed by atoms with van der Waals surface area (Å²) in [7, 11) is 1.45. The Labute approximate surface area is 105 Å². The van der Waals surface area contributed by atoms with Gasteiger partial charge >= 0.3 is 5.97 Å². The van der Waals surface area contributed by atoms with Gasteiger partial charge in [-0.15, -0.1) is 0 Å². The highest BCUT2D eigenvalue weighted by molar-refractivity contribution is 5.69. The Balaban J connectivity index is 2.34. The van der Waals surface area contributed by atoms with E-state index in [0.29, 0.717) is 18.5 Å². The summed E-state index contributed by atoms with van der Waals surface area (Å²) in [6, 6.07) is 1.11. The first-order valence-electron chi connectivity index (χ1n) is 6.67. The van der Waals surface area contributed by atoms with Gasteiger partial charge in [0, 0.05) is 25.2 Å². The third-order valence-corrected chi connectivity index (χ3v) is 3.34. The molecule has 1 N–H and O–H groups in total. The van der Waals surface area contributed by atoms with Gasteiger partial charge in [-0.2, -0.15) is 0 Å². The van der Waals surface area contributed by atoms with Gasteiger partial charge in [0.1, 0.15) is 0 Å². The van der Waals surface area contributed by atoms with Gasteiger partial charge in [-0.3, -0.25) is 9.69 Å². The number of hydrogen-bond donors (Lipinski definition) is 1. The van der Waals surface area contributed by atoms with Crippen LogP contribution < -0.4 is 5.32 Å².